The van der Waals surface area contributed by atoms with E-state index in [4.69, 9.17) is 10.1 Å². The molecule has 0 unspecified atom stereocenters. The first-order valence-electron chi connectivity index (χ1n) is 11.6. The van der Waals surface area contributed by atoms with Crippen molar-refractivity contribution < 1.29 is 14.3 Å². The predicted octanol–water partition coefficient (Wildman–Crippen LogP) is 4.37. The first-order valence-corrected chi connectivity index (χ1v) is 13.4. The van der Waals surface area contributed by atoms with Gasteiger partial charge < -0.3 is 10.1 Å². The standard InChI is InChI=1S/C30H27N2O3P/c1-2-35-30(34)28(27(31)29(33)32-23-15-7-3-8-16-23)36(24-17-9-4-10-18-24,25-19-11-5-12-20-25)26-21-13-6-14-22-26/h3-22,31H,2H2,1H3,(H,32,33). The molecule has 6 heteroatoms. The monoisotopic (exact) mass is 494 g/mol. The van der Waals surface area contributed by atoms with Gasteiger partial charge in [-0.25, -0.2) is 4.79 Å². The summed E-state index contributed by atoms with van der Waals surface area (Å²) in [4.78, 5) is 27.2. The van der Waals surface area contributed by atoms with Crippen LogP contribution in [0, 0.1) is 5.41 Å². The van der Waals surface area contributed by atoms with E-state index in [1.807, 2.05) is 97.1 Å². The molecule has 5 nitrogen and oxygen atoms in total. The molecule has 4 aromatic rings. The van der Waals surface area contributed by atoms with E-state index in [1.54, 1.807) is 31.2 Å². The number of carbonyl (C=O) groups excluding carboxylic acids is 2. The minimum Gasteiger partial charge on any atom is -0.462 e. The van der Waals surface area contributed by atoms with Gasteiger partial charge in [0.15, 0.2) is 0 Å². The van der Waals surface area contributed by atoms with Crippen LogP contribution in [0.2, 0.25) is 0 Å². The highest BCUT2D eigenvalue weighted by Crippen LogP contribution is 2.46. The van der Waals surface area contributed by atoms with Gasteiger partial charge in [0, 0.05) is 5.69 Å². The van der Waals surface area contributed by atoms with Gasteiger partial charge in [0.1, 0.15) is 5.71 Å². The number of nitrogens with one attached hydrogen (secondary N) is 2. The Hall–Kier alpha value is -4.21. The molecule has 0 heterocycles. The lowest BCUT2D eigenvalue weighted by molar-refractivity contribution is -0.134. The third-order valence-corrected chi connectivity index (χ3v) is 10.0. The van der Waals surface area contributed by atoms with Gasteiger partial charge in [-0.2, -0.15) is 0 Å². The second kappa shape index (κ2) is 11.5. The number of para-hydroxylation sites is 1. The lowest BCUT2D eigenvalue weighted by atomic mass is 10.2. The highest BCUT2D eigenvalue weighted by atomic mass is 31.2. The van der Waals surface area contributed by atoms with Crippen LogP contribution < -0.4 is 21.2 Å². The summed E-state index contributed by atoms with van der Waals surface area (Å²) in [5.74, 6) is -1.34. The summed E-state index contributed by atoms with van der Waals surface area (Å²) in [6.07, 6.45) is 0. The number of carbonyl (C=O) groups is 2. The Balaban J connectivity index is 2.12. The topological polar surface area (TPSA) is 79.2 Å². The van der Waals surface area contributed by atoms with Gasteiger partial charge in [-0.3, -0.25) is 10.2 Å². The van der Waals surface area contributed by atoms with Gasteiger partial charge in [0.25, 0.3) is 5.91 Å². The zero-order chi connectivity index (χ0) is 25.4. The van der Waals surface area contributed by atoms with Crippen molar-refractivity contribution in [2.75, 3.05) is 11.9 Å². The molecule has 0 aliphatic carbocycles. The van der Waals surface area contributed by atoms with Crippen LogP contribution in [0.4, 0.5) is 5.69 Å². The summed E-state index contributed by atoms with van der Waals surface area (Å²) in [7, 11) is 0. The van der Waals surface area contributed by atoms with Crippen molar-refractivity contribution >= 4 is 51.4 Å². The van der Waals surface area contributed by atoms with Crippen LogP contribution in [0.15, 0.2) is 121 Å². The van der Waals surface area contributed by atoms with Crippen molar-refractivity contribution in [2.45, 2.75) is 6.92 Å². The van der Waals surface area contributed by atoms with Crippen molar-refractivity contribution in [3.8, 4) is 0 Å². The summed E-state index contributed by atoms with van der Waals surface area (Å²) >= 11 is 0. The van der Waals surface area contributed by atoms with Gasteiger partial charge in [-0.1, -0.05) is 109 Å². The Labute approximate surface area is 211 Å². The van der Waals surface area contributed by atoms with E-state index in [2.05, 4.69) is 5.32 Å². The number of rotatable bonds is 8. The molecule has 0 fully saturated rings. The molecule has 4 aromatic carbocycles. The van der Waals surface area contributed by atoms with Gasteiger partial charge in [0.2, 0.25) is 0 Å². The van der Waals surface area contributed by atoms with E-state index in [9.17, 15) is 9.59 Å². The normalized spacial score (nSPS) is 10.8. The lowest BCUT2D eigenvalue weighted by Gasteiger charge is -2.32. The summed E-state index contributed by atoms with van der Waals surface area (Å²) in [5, 5.41) is 14.5. The third-order valence-electron chi connectivity index (χ3n) is 5.73. The molecule has 0 saturated heterocycles. The Kier molecular flexibility index (Phi) is 7.94. The van der Waals surface area contributed by atoms with Crippen LogP contribution in [0.1, 0.15) is 6.92 Å². The maximum absolute atomic E-state index is 13.8. The number of ether oxygens (including phenoxy) is 1. The molecular weight excluding hydrogens is 467 g/mol. The smallest absolute Gasteiger partial charge is 0.341 e. The summed E-state index contributed by atoms with van der Waals surface area (Å²) < 4.78 is 5.53. The zero-order valence-electron chi connectivity index (χ0n) is 19.9. The molecule has 4 rings (SSSR count). The largest absolute Gasteiger partial charge is 0.462 e. The number of esters is 1. The van der Waals surface area contributed by atoms with E-state index in [0.29, 0.717) is 5.69 Å². The molecule has 0 spiro atoms. The molecule has 180 valence electrons. The highest BCUT2D eigenvalue weighted by Gasteiger charge is 2.38. The van der Waals surface area contributed by atoms with Gasteiger partial charge >= 0.3 is 5.97 Å². The molecule has 1 amide bonds. The zero-order valence-corrected chi connectivity index (χ0v) is 20.8. The van der Waals surface area contributed by atoms with Crippen molar-refractivity contribution in [2.24, 2.45) is 0 Å². The van der Waals surface area contributed by atoms with E-state index < -0.39 is 24.5 Å². The molecule has 0 atom stereocenters. The first kappa shape index (κ1) is 24.9. The van der Waals surface area contributed by atoms with Crippen LogP contribution in [0.5, 0.6) is 0 Å². The van der Waals surface area contributed by atoms with E-state index in [-0.39, 0.29) is 11.9 Å². The summed E-state index contributed by atoms with van der Waals surface area (Å²) in [6.45, 7) is -1.17. The number of benzene rings is 4. The van der Waals surface area contributed by atoms with E-state index in [1.165, 1.54) is 0 Å². The Morgan fingerprint density at radius 2 is 1.08 bits per heavy atom. The number of amides is 1. The maximum atomic E-state index is 13.8. The Bertz CT molecular complexity index is 1300. The van der Waals surface area contributed by atoms with Crippen LogP contribution in [0.3, 0.4) is 0 Å². The van der Waals surface area contributed by atoms with Gasteiger partial charge in [0.05, 0.1) is 11.9 Å². The van der Waals surface area contributed by atoms with Crippen molar-refractivity contribution in [1.82, 2.24) is 0 Å². The number of hydrogen-bond acceptors (Lipinski definition) is 4. The minimum atomic E-state index is -3.01. The summed E-state index contributed by atoms with van der Waals surface area (Å²) in [5.41, 5.74) is 0.126. The quantitative estimate of drug-likeness (QED) is 0.217. The number of anilines is 1. The molecule has 0 saturated carbocycles. The van der Waals surface area contributed by atoms with Gasteiger partial charge in [-0.05, 0) is 41.9 Å². The van der Waals surface area contributed by atoms with Crippen LogP contribution >= 0.6 is 6.89 Å². The maximum Gasteiger partial charge on any atom is 0.341 e. The van der Waals surface area contributed by atoms with E-state index in [0.717, 1.165) is 15.9 Å². The average Bonchev–Trinajstić information content (AvgIpc) is 2.93. The van der Waals surface area contributed by atoms with Crippen LogP contribution in [-0.4, -0.2) is 29.5 Å². The number of hydrogen-bond donors (Lipinski definition) is 2. The molecule has 2 N–H and O–H groups in total. The molecule has 0 bridgehead atoms. The molecule has 0 aliphatic rings. The van der Waals surface area contributed by atoms with Crippen LogP contribution in [0.25, 0.3) is 0 Å². The van der Waals surface area contributed by atoms with Crippen molar-refractivity contribution in [3.05, 3.63) is 121 Å². The molecule has 0 aliphatic heterocycles. The second-order valence-corrected chi connectivity index (χ2v) is 11.3. The molecular formula is C30H27N2O3P. The van der Waals surface area contributed by atoms with Crippen LogP contribution in [-0.2, 0) is 14.3 Å². The molecule has 0 radical (unpaired) electrons. The second-order valence-electron chi connectivity index (χ2n) is 7.94. The average molecular weight is 495 g/mol. The predicted molar refractivity (Wildman–Crippen MR) is 150 cm³/mol. The fraction of sp³-hybridized carbons (Fsp3) is 0.0667. The third kappa shape index (κ3) is 4.93. The first-order chi connectivity index (χ1) is 17.6. The minimum absolute atomic E-state index is 0.0568. The van der Waals surface area contributed by atoms with Crippen molar-refractivity contribution in [1.29, 1.82) is 5.41 Å². The SMILES string of the molecule is CCOC(=O)C(C(=N)C(=O)Nc1ccccc1)=P(c1ccccc1)(c1ccccc1)c1ccccc1. The Morgan fingerprint density at radius 3 is 1.47 bits per heavy atom. The van der Waals surface area contributed by atoms with Crippen molar-refractivity contribution in [3.63, 3.8) is 0 Å². The highest BCUT2D eigenvalue weighted by molar-refractivity contribution is 7.98. The fourth-order valence-corrected chi connectivity index (χ4v) is 8.52. The Morgan fingerprint density at radius 1 is 0.694 bits per heavy atom. The lowest BCUT2D eigenvalue weighted by Crippen LogP contribution is -2.42. The molecule has 0 aromatic heterocycles. The summed E-state index contributed by atoms with van der Waals surface area (Å²) in [6, 6.07) is 37.8. The van der Waals surface area contributed by atoms with Gasteiger partial charge in [-0.15, -0.1) is 0 Å². The molecule has 36 heavy (non-hydrogen) atoms. The van der Waals surface area contributed by atoms with E-state index >= 15 is 0 Å². The fourth-order valence-electron chi connectivity index (χ4n) is 4.22.